The van der Waals surface area contributed by atoms with Gasteiger partial charge >= 0.3 is 0 Å². The van der Waals surface area contributed by atoms with Crippen molar-refractivity contribution in [2.75, 3.05) is 18.5 Å². The molecule has 0 aliphatic carbocycles. The number of hydrogen-bond donors (Lipinski definition) is 1. The monoisotopic (exact) mass is 373 g/mol. The van der Waals surface area contributed by atoms with Crippen LogP contribution >= 0.6 is 11.6 Å². The van der Waals surface area contributed by atoms with Crippen LogP contribution in [0, 0.1) is 11.9 Å². The van der Waals surface area contributed by atoms with Crippen molar-refractivity contribution in [2.45, 2.75) is 18.9 Å². The Hall–Kier alpha value is -2.31. The lowest BCUT2D eigenvalue weighted by Gasteiger charge is -2.15. The van der Waals surface area contributed by atoms with E-state index in [0.717, 1.165) is 17.7 Å². The van der Waals surface area contributed by atoms with Crippen LogP contribution < -0.4 is 5.32 Å². The third-order valence-electron chi connectivity index (χ3n) is 4.68. The van der Waals surface area contributed by atoms with Crippen molar-refractivity contribution in [1.29, 1.82) is 0 Å². The van der Waals surface area contributed by atoms with Crippen LogP contribution in [0.15, 0.2) is 41.5 Å². The molecule has 1 amide bonds. The van der Waals surface area contributed by atoms with Crippen LogP contribution in [-0.4, -0.2) is 35.9 Å². The second-order valence-electron chi connectivity index (χ2n) is 6.43. The number of carbonyl (C=O) groups excluding carboxylic acids is 1. The number of rotatable bonds is 3. The molecule has 1 N–H and O–H groups in total. The van der Waals surface area contributed by atoms with Crippen molar-refractivity contribution in [3.05, 3.63) is 58.6 Å². The van der Waals surface area contributed by atoms with E-state index in [1.165, 1.54) is 6.20 Å². The molecule has 2 atom stereocenters. The fraction of sp³-hybridized carbons (Fsp3) is 0.316. The predicted octanol–water partition coefficient (Wildman–Crippen LogP) is 3.26. The van der Waals surface area contributed by atoms with Gasteiger partial charge in [-0.15, -0.1) is 0 Å². The number of pyridine rings is 1. The van der Waals surface area contributed by atoms with Crippen molar-refractivity contribution in [1.82, 2.24) is 4.98 Å². The molecule has 134 valence electrons. The van der Waals surface area contributed by atoms with Crippen LogP contribution in [0.3, 0.4) is 0 Å². The van der Waals surface area contributed by atoms with Gasteiger partial charge < -0.3 is 10.1 Å². The molecule has 1 aromatic carbocycles. The Labute approximate surface area is 155 Å². The van der Waals surface area contributed by atoms with Gasteiger partial charge in [0.15, 0.2) is 0 Å². The Bertz CT molecular complexity index is 881. The molecular weight excluding hydrogens is 357 g/mol. The van der Waals surface area contributed by atoms with E-state index in [1.807, 2.05) is 6.07 Å². The molecule has 5 nitrogen and oxygen atoms in total. The van der Waals surface area contributed by atoms with E-state index in [4.69, 9.17) is 21.3 Å². The number of hydrogen-bond acceptors (Lipinski definition) is 4. The highest BCUT2D eigenvalue weighted by atomic mass is 35.5. The molecule has 1 fully saturated rings. The van der Waals surface area contributed by atoms with Crippen LogP contribution in [-0.2, 0) is 16.0 Å². The third-order valence-corrected chi connectivity index (χ3v) is 4.91. The SMILES string of the molecule is O=C1Nc2cc(Cl)ccc2C(C2CCOC2)=NC1Cc1cccnc1F. The number of benzodiazepines with no additional fused rings is 1. The Morgan fingerprint density at radius 1 is 1.35 bits per heavy atom. The van der Waals surface area contributed by atoms with Crippen LogP contribution in [0.5, 0.6) is 0 Å². The second-order valence-corrected chi connectivity index (χ2v) is 6.86. The van der Waals surface area contributed by atoms with Gasteiger partial charge in [0.2, 0.25) is 11.9 Å². The van der Waals surface area contributed by atoms with E-state index in [1.54, 1.807) is 24.3 Å². The molecule has 2 aliphatic heterocycles. The molecule has 0 saturated carbocycles. The van der Waals surface area contributed by atoms with Crippen molar-refractivity contribution in [3.63, 3.8) is 0 Å². The smallest absolute Gasteiger partial charge is 0.249 e. The fourth-order valence-electron chi connectivity index (χ4n) is 3.35. The van der Waals surface area contributed by atoms with Crippen LogP contribution in [0.2, 0.25) is 5.02 Å². The summed E-state index contributed by atoms with van der Waals surface area (Å²) in [7, 11) is 0. The van der Waals surface area contributed by atoms with Crippen LogP contribution in [0.4, 0.5) is 10.1 Å². The summed E-state index contributed by atoms with van der Waals surface area (Å²) < 4.78 is 19.5. The number of anilines is 1. The minimum absolute atomic E-state index is 0.101. The molecule has 1 saturated heterocycles. The van der Waals surface area contributed by atoms with E-state index in [0.29, 0.717) is 29.5 Å². The summed E-state index contributed by atoms with van der Waals surface area (Å²) in [5.74, 6) is -0.763. The first kappa shape index (κ1) is 17.1. The quantitative estimate of drug-likeness (QED) is 0.840. The van der Waals surface area contributed by atoms with Crippen molar-refractivity contribution in [3.8, 4) is 0 Å². The van der Waals surface area contributed by atoms with E-state index >= 15 is 0 Å². The number of amides is 1. The predicted molar refractivity (Wildman–Crippen MR) is 97.2 cm³/mol. The lowest BCUT2D eigenvalue weighted by atomic mass is 9.94. The standard InChI is InChI=1S/C19H17ClFN3O2/c20-13-3-4-14-15(9-13)24-19(25)16(8-11-2-1-6-22-18(11)21)23-17(14)12-5-7-26-10-12/h1-4,6,9,12,16H,5,7-8,10H2,(H,24,25). The van der Waals surface area contributed by atoms with E-state index < -0.39 is 12.0 Å². The van der Waals surface area contributed by atoms with Crippen molar-refractivity contribution >= 4 is 28.9 Å². The topological polar surface area (TPSA) is 63.6 Å². The minimum atomic E-state index is -0.740. The number of aromatic nitrogens is 1. The van der Waals surface area contributed by atoms with E-state index in [-0.39, 0.29) is 18.2 Å². The first-order chi connectivity index (χ1) is 12.6. The van der Waals surface area contributed by atoms with E-state index in [2.05, 4.69) is 10.3 Å². The Morgan fingerprint density at radius 2 is 2.23 bits per heavy atom. The molecule has 1 aromatic heterocycles. The van der Waals surface area contributed by atoms with Gasteiger partial charge in [-0.2, -0.15) is 4.39 Å². The number of aliphatic imine (C=N–C) groups is 1. The number of ether oxygens (including phenoxy) is 1. The molecule has 2 aromatic rings. The summed E-state index contributed by atoms with van der Waals surface area (Å²) in [4.78, 5) is 21.1. The molecule has 2 aliphatic rings. The van der Waals surface area contributed by atoms with Crippen LogP contribution in [0.25, 0.3) is 0 Å². The number of nitrogens with zero attached hydrogens (tertiary/aromatic N) is 2. The van der Waals surface area contributed by atoms with Gasteiger partial charge in [-0.1, -0.05) is 17.7 Å². The third kappa shape index (κ3) is 3.34. The molecule has 4 rings (SSSR count). The highest BCUT2D eigenvalue weighted by molar-refractivity contribution is 6.31. The summed E-state index contributed by atoms with van der Waals surface area (Å²) in [6, 6.07) is 7.89. The fourth-order valence-corrected chi connectivity index (χ4v) is 3.52. The molecule has 0 spiro atoms. The van der Waals surface area contributed by atoms with Gasteiger partial charge in [0, 0.05) is 41.3 Å². The zero-order valence-corrected chi connectivity index (χ0v) is 14.7. The van der Waals surface area contributed by atoms with Gasteiger partial charge in [-0.3, -0.25) is 9.79 Å². The number of nitrogens with one attached hydrogen (secondary N) is 1. The molecule has 7 heteroatoms. The summed E-state index contributed by atoms with van der Waals surface area (Å²) >= 11 is 6.10. The number of halogens is 2. The first-order valence-corrected chi connectivity index (χ1v) is 8.85. The zero-order valence-electron chi connectivity index (χ0n) is 13.9. The van der Waals surface area contributed by atoms with Crippen molar-refractivity contribution < 1.29 is 13.9 Å². The molecule has 2 unspecified atom stereocenters. The van der Waals surface area contributed by atoms with Gasteiger partial charge in [-0.05, 0) is 30.7 Å². The lowest BCUT2D eigenvalue weighted by Crippen LogP contribution is -2.28. The zero-order chi connectivity index (χ0) is 18.1. The number of carbonyl (C=O) groups is 1. The maximum Gasteiger partial charge on any atom is 0.249 e. The summed E-state index contributed by atoms with van der Waals surface area (Å²) in [5.41, 5.74) is 2.64. The Balaban J connectivity index is 1.75. The average molecular weight is 374 g/mol. The van der Waals surface area contributed by atoms with Crippen molar-refractivity contribution in [2.24, 2.45) is 10.9 Å². The molecule has 0 radical (unpaired) electrons. The number of benzene rings is 1. The maximum atomic E-state index is 14.0. The summed E-state index contributed by atoms with van der Waals surface area (Å²) in [6.45, 7) is 1.22. The molecule has 0 bridgehead atoms. The van der Waals surface area contributed by atoms with Gasteiger partial charge in [-0.25, -0.2) is 4.98 Å². The van der Waals surface area contributed by atoms with Gasteiger partial charge in [0.1, 0.15) is 6.04 Å². The molecular formula is C19H17ClFN3O2. The first-order valence-electron chi connectivity index (χ1n) is 8.47. The average Bonchev–Trinajstić information content (AvgIpc) is 3.11. The normalized spacial score (nSPS) is 22.4. The summed E-state index contributed by atoms with van der Waals surface area (Å²) in [6.07, 6.45) is 2.36. The lowest BCUT2D eigenvalue weighted by molar-refractivity contribution is -0.117. The van der Waals surface area contributed by atoms with Gasteiger partial charge in [0.25, 0.3) is 0 Å². The van der Waals surface area contributed by atoms with Crippen LogP contribution in [0.1, 0.15) is 17.5 Å². The number of fused-ring (bicyclic) bond motifs is 1. The highest BCUT2D eigenvalue weighted by Crippen LogP contribution is 2.30. The maximum absolute atomic E-state index is 14.0. The largest absolute Gasteiger partial charge is 0.381 e. The molecule has 3 heterocycles. The highest BCUT2D eigenvalue weighted by Gasteiger charge is 2.31. The summed E-state index contributed by atoms with van der Waals surface area (Å²) in [5, 5.41) is 3.42. The molecule has 26 heavy (non-hydrogen) atoms. The van der Waals surface area contributed by atoms with E-state index in [9.17, 15) is 9.18 Å². The Kier molecular flexibility index (Phi) is 4.70. The second kappa shape index (κ2) is 7.13. The van der Waals surface area contributed by atoms with Gasteiger partial charge in [0.05, 0.1) is 18.0 Å². The minimum Gasteiger partial charge on any atom is -0.381 e. The Morgan fingerprint density at radius 3 is 3.00 bits per heavy atom.